The van der Waals surface area contributed by atoms with Gasteiger partial charge in [-0.2, -0.15) is 4.31 Å². The van der Waals surface area contributed by atoms with Crippen molar-refractivity contribution in [2.24, 2.45) is 0 Å². The van der Waals surface area contributed by atoms with Gasteiger partial charge in [0.25, 0.3) is 5.91 Å². The van der Waals surface area contributed by atoms with Crippen molar-refractivity contribution in [3.05, 3.63) is 94.0 Å². The van der Waals surface area contributed by atoms with Crippen molar-refractivity contribution < 1.29 is 13.2 Å². The average molecular weight is 504 g/mol. The van der Waals surface area contributed by atoms with E-state index in [0.717, 1.165) is 5.56 Å². The van der Waals surface area contributed by atoms with Crippen molar-refractivity contribution in [3.8, 4) is 0 Å². The summed E-state index contributed by atoms with van der Waals surface area (Å²) >= 11 is 12.0. The van der Waals surface area contributed by atoms with E-state index in [1.165, 1.54) is 4.31 Å². The van der Waals surface area contributed by atoms with Gasteiger partial charge in [-0.05, 0) is 48.0 Å². The van der Waals surface area contributed by atoms with Crippen LogP contribution in [0.3, 0.4) is 0 Å². The number of hydrogen-bond donors (Lipinski definition) is 1. The summed E-state index contributed by atoms with van der Waals surface area (Å²) in [5, 5.41) is 3.70. The second kappa shape index (κ2) is 10.2. The molecule has 0 atom stereocenters. The fraction of sp³-hybridized carbons (Fsp3) is 0.208. The topological polar surface area (TPSA) is 69.7 Å². The van der Waals surface area contributed by atoms with E-state index in [1.807, 2.05) is 18.2 Å². The molecule has 1 aliphatic heterocycles. The van der Waals surface area contributed by atoms with Gasteiger partial charge in [0.15, 0.2) is 0 Å². The number of sulfonamides is 1. The third kappa shape index (κ3) is 5.93. The van der Waals surface area contributed by atoms with Crippen molar-refractivity contribution >= 4 is 44.8 Å². The number of carbonyl (C=O) groups excluding carboxylic acids is 1. The molecule has 1 heterocycles. The van der Waals surface area contributed by atoms with Gasteiger partial charge in [0.1, 0.15) is 0 Å². The van der Waals surface area contributed by atoms with Crippen LogP contribution < -0.4 is 5.32 Å². The normalized spacial score (nSPS) is 15.3. The summed E-state index contributed by atoms with van der Waals surface area (Å²) in [6, 6.07) is 20.8. The highest BCUT2D eigenvalue weighted by atomic mass is 35.5. The van der Waals surface area contributed by atoms with Gasteiger partial charge in [-0.15, -0.1) is 0 Å². The Morgan fingerprint density at radius 2 is 1.52 bits per heavy atom. The van der Waals surface area contributed by atoms with Crippen molar-refractivity contribution in [1.82, 2.24) is 9.21 Å². The van der Waals surface area contributed by atoms with Crippen molar-refractivity contribution in [1.29, 1.82) is 0 Å². The Morgan fingerprint density at radius 1 is 0.848 bits per heavy atom. The first-order valence-electron chi connectivity index (χ1n) is 10.5. The SMILES string of the molecule is O=C(Nc1cc(Cl)cc(Cl)c1)c1cccc(CN2CCN(S(=O)(=O)c3ccccc3)CC2)c1. The zero-order valence-electron chi connectivity index (χ0n) is 17.7. The lowest BCUT2D eigenvalue weighted by molar-refractivity contribution is 0.102. The zero-order valence-corrected chi connectivity index (χ0v) is 20.1. The molecule has 0 unspecified atom stereocenters. The van der Waals surface area contributed by atoms with E-state index in [1.54, 1.807) is 54.6 Å². The highest BCUT2D eigenvalue weighted by molar-refractivity contribution is 7.89. The van der Waals surface area contributed by atoms with Crippen molar-refractivity contribution in [2.45, 2.75) is 11.4 Å². The Hall–Kier alpha value is -2.42. The van der Waals surface area contributed by atoms with Gasteiger partial charge < -0.3 is 5.32 Å². The molecule has 172 valence electrons. The minimum atomic E-state index is -3.48. The fourth-order valence-electron chi connectivity index (χ4n) is 3.77. The first-order valence-corrected chi connectivity index (χ1v) is 12.6. The fourth-order valence-corrected chi connectivity index (χ4v) is 5.74. The van der Waals surface area contributed by atoms with E-state index in [-0.39, 0.29) is 5.91 Å². The van der Waals surface area contributed by atoms with Gasteiger partial charge in [-0.25, -0.2) is 8.42 Å². The van der Waals surface area contributed by atoms with Crippen LogP contribution in [0.4, 0.5) is 5.69 Å². The maximum Gasteiger partial charge on any atom is 0.255 e. The predicted octanol–water partition coefficient (Wildman–Crippen LogP) is 4.75. The van der Waals surface area contributed by atoms with Crippen molar-refractivity contribution in [2.75, 3.05) is 31.5 Å². The predicted molar refractivity (Wildman–Crippen MR) is 131 cm³/mol. The molecule has 3 aromatic carbocycles. The van der Waals surface area contributed by atoms with Crippen LogP contribution in [0.1, 0.15) is 15.9 Å². The third-order valence-electron chi connectivity index (χ3n) is 5.43. The number of rotatable bonds is 6. The summed E-state index contributed by atoms with van der Waals surface area (Å²) in [4.78, 5) is 15.2. The van der Waals surface area contributed by atoms with Gasteiger partial charge in [-0.1, -0.05) is 53.5 Å². The number of nitrogens with one attached hydrogen (secondary N) is 1. The molecule has 9 heteroatoms. The van der Waals surface area contributed by atoms with Gasteiger partial charge in [0.05, 0.1) is 4.90 Å². The molecule has 33 heavy (non-hydrogen) atoms. The Kier molecular flexibility index (Phi) is 7.36. The first kappa shape index (κ1) is 23.7. The molecule has 0 aliphatic carbocycles. The Labute approximate surface area is 203 Å². The van der Waals surface area contributed by atoms with Crippen LogP contribution >= 0.6 is 23.2 Å². The van der Waals surface area contributed by atoms with E-state index < -0.39 is 10.0 Å². The summed E-state index contributed by atoms with van der Waals surface area (Å²) in [6.07, 6.45) is 0. The lowest BCUT2D eigenvalue weighted by atomic mass is 10.1. The summed E-state index contributed by atoms with van der Waals surface area (Å²) in [7, 11) is -3.48. The molecule has 1 N–H and O–H groups in total. The molecular weight excluding hydrogens is 481 g/mol. The molecule has 4 rings (SSSR count). The summed E-state index contributed by atoms with van der Waals surface area (Å²) in [6.45, 7) is 2.70. The van der Waals surface area contributed by atoms with Gasteiger partial charge in [0, 0.05) is 54.0 Å². The van der Waals surface area contributed by atoms with Crippen LogP contribution in [0.2, 0.25) is 10.0 Å². The number of nitrogens with zero attached hydrogens (tertiary/aromatic N) is 2. The molecule has 0 spiro atoms. The molecule has 0 bridgehead atoms. The molecule has 3 aromatic rings. The molecule has 1 saturated heterocycles. The molecular formula is C24H23Cl2N3O3S. The third-order valence-corrected chi connectivity index (χ3v) is 7.78. The van der Waals surface area contributed by atoms with E-state index in [9.17, 15) is 13.2 Å². The molecule has 1 aliphatic rings. The number of carbonyl (C=O) groups is 1. The molecule has 6 nitrogen and oxygen atoms in total. The number of amides is 1. The van der Waals surface area contributed by atoms with E-state index in [2.05, 4.69) is 10.2 Å². The highest BCUT2D eigenvalue weighted by Crippen LogP contribution is 2.23. The molecule has 0 saturated carbocycles. The lowest BCUT2D eigenvalue weighted by Crippen LogP contribution is -2.48. The molecule has 0 radical (unpaired) electrons. The second-order valence-electron chi connectivity index (χ2n) is 7.81. The average Bonchev–Trinajstić information content (AvgIpc) is 2.79. The summed E-state index contributed by atoms with van der Waals surface area (Å²) < 4.78 is 27.1. The number of benzene rings is 3. The summed E-state index contributed by atoms with van der Waals surface area (Å²) in [5.74, 6) is -0.256. The molecule has 1 amide bonds. The number of piperazine rings is 1. The maximum atomic E-state index is 12.8. The minimum Gasteiger partial charge on any atom is -0.322 e. The smallest absolute Gasteiger partial charge is 0.255 e. The standard InChI is InChI=1S/C24H23Cl2N3O3S/c25-20-14-21(26)16-22(15-20)27-24(30)19-6-4-5-18(13-19)17-28-9-11-29(12-10-28)33(31,32)23-7-2-1-3-8-23/h1-8,13-16H,9-12,17H2,(H,27,30). The number of anilines is 1. The van der Waals surface area contributed by atoms with Crippen LogP contribution in [-0.4, -0.2) is 49.7 Å². The highest BCUT2D eigenvalue weighted by Gasteiger charge is 2.28. The largest absolute Gasteiger partial charge is 0.322 e. The van der Waals surface area contributed by atoms with Crippen LogP contribution in [-0.2, 0) is 16.6 Å². The van der Waals surface area contributed by atoms with Gasteiger partial charge >= 0.3 is 0 Å². The van der Waals surface area contributed by atoms with Crippen LogP contribution in [0, 0.1) is 0 Å². The Bertz CT molecular complexity index is 1220. The lowest BCUT2D eigenvalue weighted by Gasteiger charge is -2.34. The van der Waals surface area contributed by atoms with Crippen LogP contribution in [0.25, 0.3) is 0 Å². The number of halogens is 2. The van der Waals surface area contributed by atoms with Gasteiger partial charge in [-0.3, -0.25) is 9.69 Å². The summed E-state index contributed by atoms with van der Waals surface area (Å²) in [5.41, 5.74) is 2.03. The Morgan fingerprint density at radius 3 is 2.18 bits per heavy atom. The minimum absolute atomic E-state index is 0.256. The van der Waals surface area contributed by atoms with E-state index >= 15 is 0 Å². The van der Waals surface area contributed by atoms with E-state index in [4.69, 9.17) is 23.2 Å². The Balaban J connectivity index is 1.37. The first-order chi connectivity index (χ1) is 15.8. The van der Waals surface area contributed by atoms with Gasteiger partial charge in [0.2, 0.25) is 10.0 Å². The quantitative estimate of drug-likeness (QED) is 0.526. The number of hydrogen-bond acceptors (Lipinski definition) is 4. The van der Waals surface area contributed by atoms with Crippen LogP contribution in [0.15, 0.2) is 77.7 Å². The zero-order chi connectivity index (χ0) is 23.4. The van der Waals surface area contributed by atoms with Crippen LogP contribution in [0.5, 0.6) is 0 Å². The maximum absolute atomic E-state index is 12.8. The monoisotopic (exact) mass is 503 g/mol. The molecule has 0 aromatic heterocycles. The second-order valence-corrected chi connectivity index (χ2v) is 10.6. The molecule has 1 fully saturated rings. The van der Waals surface area contributed by atoms with E-state index in [0.29, 0.717) is 58.9 Å². The van der Waals surface area contributed by atoms with Crippen molar-refractivity contribution in [3.63, 3.8) is 0 Å².